The van der Waals surface area contributed by atoms with E-state index in [0.29, 0.717) is 5.56 Å². The molecule has 0 aromatic heterocycles. The molecule has 0 heterocycles. The SMILES string of the molecule is CC(C)(C)c1ccc(N=Cc2ccc(Cl)c([N+](=O)[O-])c2)cc1. The Kier molecular flexibility index (Phi) is 4.62. The van der Waals surface area contributed by atoms with E-state index >= 15 is 0 Å². The molecule has 0 radical (unpaired) electrons. The number of hydrogen-bond donors (Lipinski definition) is 0. The molecule has 0 aliphatic carbocycles. The number of nitrogens with zero attached hydrogens (tertiary/aromatic N) is 2. The maximum absolute atomic E-state index is 10.9. The third kappa shape index (κ3) is 3.92. The smallest absolute Gasteiger partial charge is 0.258 e. The van der Waals surface area contributed by atoms with Gasteiger partial charge < -0.3 is 0 Å². The molecule has 0 atom stereocenters. The van der Waals surface area contributed by atoms with E-state index in [9.17, 15) is 10.1 Å². The van der Waals surface area contributed by atoms with Crippen molar-refractivity contribution >= 4 is 29.2 Å². The molecule has 0 aliphatic rings. The number of rotatable bonds is 3. The van der Waals surface area contributed by atoms with E-state index in [1.807, 2.05) is 24.3 Å². The highest BCUT2D eigenvalue weighted by Gasteiger charge is 2.13. The Morgan fingerprint density at radius 1 is 1.14 bits per heavy atom. The molecule has 5 heteroatoms. The van der Waals surface area contributed by atoms with E-state index < -0.39 is 4.92 Å². The fourth-order valence-corrected chi connectivity index (χ4v) is 2.13. The van der Waals surface area contributed by atoms with Gasteiger partial charge in [-0.3, -0.25) is 15.1 Å². The van der Waals surface area contributed by atoms with Gasteiger partial charge in [-0.1, -0.05) is 50.6 Å². The normalized spacial score (nSPS) is 11.8. The molecule has 2 aromatic carbocycles. The first kappa shape index (κ1) is 16.2. The first-order valence-corrected chi connectivity index (χ1v) is 7.24. The molecule has 0 N–H and O–H groups in total. The molecule has 0 saturated heterocycles. The average molecular weight is 317 g/mol. The third-order valence-corrected chi connectivity index (χ3v) is 3.58. The number of hydrogen-bond acceptors (Lipinski definition) is 3. The van der Waals surface area contributed by atoms with Gasteiger partial charge in [0.05, 0.1) is 10.6 Å². The van der Waals surface area contributed by atoms with Gasteiger partial charge in [-0.25, -0.2) is 0 Å². The summed E-state index contributed by atoms with van der Waals surface area (Å²) in [7, 11) is 0. The third-order valence-electron chi connectivity index (χ3n) is 3.26. The zero-order chi connectivity index (χ0) is 16.3. The van der Waals surface area contributed by atoms with Crippen LogP contribution >= 0.6 is 11.6 Å². The lowest BCUT2D eigenvalue weighted by Gasteiger charge is -2.18. The predicted molar refractivity (Wildman–Crippen MR) is 90.5 cm³/mol. The van der Waals surface area contributed by atoms with Crippen molar-refractivity contribution in [3.63, 3.8) is 0 Å². The summed E-state index contributed by atoms with van der Waals surface area (Å²) in [6.45, 7) is 6.45. The summed E-state index contributed by atoms with van der Waals surface area (Å²) >= 11 is 5.78. The molecule has 22 heavy (non-hydrogen) atoms. The van der Waals surface area contributed by atoms with Crippen LogP contribution in [0.15, 0.2) is 47.5 Å². The maximum Gasteiger partial charge on any atom is 0.288 e. The Balaban J connectivity index is 2.22. The van der Waals surface area contributed by atoms with Gasteiger partial charge in [-0.2, -0.15) is 0 Å². The zero-order valence-electron chi connectivity index (χ0n) is 12.7. The number of aliphatic imine (C=N–C) groups is 1. The van der Waals surface area contributed by atoms with Gasteiger partial charge in [0, 0.05) is 12.3 Å². The molecular formula is C17H17ClN2O2. The fourth-order valence-electron chi connectivity index (χ4n) is 1.95. The summed E-state index contributed by atoms with van der Waals surface area (Å²) in [5.41, 5.74) is 2.64. The molecule has 0 amide bonds. The molecule has 0 saturated carbocycles. The van der Waals surface area contributed by atoms with Crippen molar-refractivity contribution < 1.29 is 4.92 Å². The standard InChI is InChI=1S/C17H17ClN2O2/c1-17(2,3)13-5-7-14(8-6-13)19-11-12-4-9-15(18)16(10-12)20(21)22/h4-11H,1-3H3. The monoisotopic (exact) mass is 316 g/mol. The summed E-state index contributed by atoms with van der Waals surface area (Å²) in [4.78, 5) is 14.7. The molecule has 4 nitrogen and oxygen atoms in total. The molecule has 0 spiro atoms. The van der Waals surface area contributed by atoms with Crippen LogP contribution in [0.25, 0.3) is 0 Å². The number of benzene rings is 2. The highest BCUT2D eigenvalue weighted by Crippen LogP contribution is 2.26. The van der Waals surface area contributed by atoms with Gasteiger partial charge in [-0.15, -0.1) is 0 Å². The second kappa shape index (κ2) is 6.28. The van der Waals surface area contributed by atoms with Crippen molar-refractivity contribution in [2.24, 2.45) is 4.99 Å². The van der Waals surface area contributed by atoms with E-state index in [-0.39, 0.29) is 16.1 Å². The van der Waals surface area contributed by atoms with Crippen LogP contribution in [0.4, 0.5) is 11.4 Å². The van der Waals surface area contributed by atoms with Gasteiger partial charge in [0.25, 0.3) is 5.69 Å². The lowest BCUT2D eigenvalue weighted by atomic mass is 9.87. The molecular weight excluding hydrogens is 300 g/mol. The van der Waals surface area contributed by atoms with Crippen LogP contribution in [0.5, 0.6) is 0 Å². The van der Waals surface area contributed by atoms with Crippen molar-refractivity contribution in [3.8, 4) is 0 Å². The fraction of sp³-hybridized carbons (Fsp3) is 0.235. The average Bonchev–Trinajstić information content (AvgIpc) is 2.45. The van der Waals surface area contributed by atoms with Crippen LogP contribution in [0, 0.1) is 10.1 Å². The lowest BCUT2D eigenvalue weighted by molar-refractivity contribution is -0.384. The molecule has 0 bridgehead atoms. The van der Waals surface area contributed by atoms with Crippen molar-refractivity contribution in [3.05, 3.63) is 68.7 Å². The largest absolute Gasteiger partial charge is 0.288 e. The van der Waals surface area contributed by atoms with E-state index in [0.717, 1.165) is 5.69 Å². The van der Waals surface area contributed by atoms with E-state index in [1.165, 1.54) is 17.7 Å². The van der Waals surface area contributed by atoms with Crippen LogP contribution in [0.3, 0.4) is 0 Å². The highest BCUT2D eigenvalue weighted by atomic mass is 35.5. The van der Waals surface area contributed by atoms with E-state index in [1.54, 1.807) is 12.3 Å². The Morgan fingerprint density at radius 3 is 2.32 bits per heavy atom. The Bertz CT molecular complexity index is 716. The zero-order valence-corrected chi connectivity index (χ0v) is 13.5. The summed E-state index contributed by atoms with van der Waals surface area (Å²) < 4.78 is 0. The van der Waals surface area contributed by atoms with Gasteiger partial charge >= 0.3 is 0 Å². The molecule has 0 aliphatic heterocycles. The quantitative estimate of drug-likeness (QED) is 0.438. The lowest BCUT2D eigenvalue weighted by Crippen LogP contribution is -2.10. The Morgan fingerprint density at radius 2 is 1.77 bits per heavy atom. The highest BCUT2D eigenvalue weighted by molar-refractivity contribution is 6.32. The number of halogens is 1. The van der Waals surface area contributed by atoms with Gasteiger partial charge in [0.2, 0.25) is 0 Å². The summed E-state index contributed by atoms with van der Waals surface area (Å²) in [6, 6.07) is 12.6. The van der Waals surface area contributed by atoms with Crippen LogP contribution in [-0.2, 0) is 5.41 Å². The maximum atomic E-state index is 10.9. The molecule has 2 aromatic rings. The van der Waals surface area contributed by atoms with Gasteiger partial charge in [-0.05, 0) is 34.7 Å². The Hall–Kier alpha value is -2.20. The summed E-state index contributed by atoms with van der Waals surface area (Å²) in [5, 5.41) is 11.0. The first-order valence-electron chi connectivity index (χ1n) is 6.86. The van der Waals surface area contributed by atoms with Crippen molar-refractivity contribution in [1.82, 2.24) is 0 Å². The topological polar surface area (TPSA) is 55.5 Å². The molecule has 0 fully saturated rings. The van der Waals surface area contributed by atoms with Crippen molar-refractivity contribution in [2.75, 3.05) is 0 Å². The molecule has 114 valence electrons. The van der Waals surface area contributed by atoms with Crippen LogP contribution < -0.4 is 0 Å². The minimum atomic E-state index is -0.502. The minimum Gasteiger partial charge on any atom is -0.258 e. The minimum absolute atomic E-state index is 0.0963. The van der Waals surface area contributed by atoms with Gasteiger partial charge in [0.1, 0.15) is 5.02 Å². The molecule has 0 unspecified atom stereocenters. The second-order valence-electron chi connectivity index (χ2n) is 6.02. The van der Waals surface area contributed by atoms with Crippen LogP contribution in [0.2, 0.25) is 5.02 Å². The van der Waals surface area contributed by atoms with E-state index in [4.69, 9.17) is 11.6 Å². The van der Waals surface area contributed by atoms with Crippen LogP contribution in [-0.4, -0.2) is 11.1 Å². The predicted octanol–water partition coefficient (Wildman–Crippen LogP) is 5.30. The number of nitro groups is 1. The summed E-state index contributed by atoms with van der Waals surface area (Å²) in [5.74, 6) is 0. The van der Waals surface area contributed by atoms with Crippen molar-refractivity contribution in [2.45, 2.75) is 26.2 Å². The van der Waals surface area contributed by atoms with Crippen molar-refractivity contribution in [1.29, 1.82) is 0 Å². The van der Waals surface area contributed by atoms with Gasteiger partial charge in [0.15, 0.2) is 0 Å². The second-order valence-corrected chi connectivity index (χ2v) is 6.43. The first-order chi connectivity index (χ1) is 10.3. The Labute approximate surface area is 134 Å². The van der Waals surface area contributed by atoms with E-state index in [2.05, 4.69) is 25.8 Å². The number of nitro benzene ring substituents is 1. The van der Waals surface area contributed by atoms with Crippen LogP contribution in [0.1, 0.15) is 31.9 Å². The molecule has 2 rings (SSSR count). The summed E-state index contributed by atoms with van der Waals surface area (Å²) in [6.07, 6.45) is 1.59.